The van der Waals surface area contributed by atoms with Gasteiger partial charge in [0.05, 0.1) is 33.1 Å². The Kier molecular flexibility index (Phi) is 5.43. The Labute approximate surface area is 171 Å². The molecule has 27 heavy (non-hydrogen) atoms. The van der Waals surface area contributed by atoms with E-state index in [2.05, 4.69) is 53.3 Å². The predicted molar refractivity (Wildman–Crippen MR) is 113 cm³/mol. The smallest absolute Gasteiger partial charge is 0.0901 e. The molecule has 6 nitrogen and oxygen atoms in total. The predicted octanol–water partition coefficient (Wildman–Crippen LogP) is 3.85. The lowest BCUT2D eigenvalue weighted by Gasteiger charge is -2.35. The fourth-order valence-corrected chi connectivity index (χ4v) is 4.18. The SMILES string of the molecule is C[C@H]1CN(c2c(Br)cncc2NCc2cc3nccnc3cc2Cl)CCN1. The Balaban J connectivity index is 1.60. The second kappa shape index (κ2) is 7.96. The van der Waals surface area contributed by atoms with E-state index in [4.69, 9.17) is 11.6 Å². The van der Waals surface area contributed by atoms with Crippen molar-refractivity contribution in [1.82, 2.24) is 20.3 Å². The summed E-state index contributed by atoms with van der Waals surface area (Å²) in [6.45, 7) is 5.64. The van der Waals surface area contributed by atoms with Crippen LogP contribution in [0.2, 0.25) is 5.02 Å². The minimum absolute atomic E-state index is 0.445. The van der Waals surface area contributed by atoms with E-state index in [9.17, 15) is 0 Å². The summed E-state index contributed by atoms with van der Waals surface area (Å²) in [5.41, 5.74) is 4.72. The highest BCUT2D eigenvalue weighted by Gasteiger charge is 2.21. The molecule has 0 spiro atoms. The van der Waals surface area contributed by atoms with Gasteiger partial charge in [0.15, 0.2) is 0 Å². The number of anilines is 2. The molecule has 0 saturated carbocycles. The molecule has 1 aliphatic rings. The van der Waals surface area contributed by atoms with E-state index in [0.29, 0.717) is 17.6 Å². The van der Waals surface area contributed by atoms with Gasteiger partial charge in [-0.3, -0.25) is 15.0 Å². The van der Waals surface area contributed by atoms with Crippen LogP contribution in [0.1, 0.15) is 12.5 Å². The Morgan fingerprint density at radius 2 is 2.04 bits per heavy atom. The molecule has 8 heteroatoms. The molecule has 0 radical (unpaired) electrons. The molecule has 1 saturated heterocycles. The summed E-state index contributed by atoms with van der Waals surface area (Å²) in [5.74, 6) is 0. The number of nitrogens with zero attached hydrogens (tertiary/aromatic N) is 4. The fraction of sp³-hybridized carbons (Fsp3) is 0.316. The zero-order valence-corrected chi connectivity index (χ0v) is 17.3. The van der Waals surface area contributed by atoms with Crippen LogP contribution in [0, 0.1) is 0 Å². The molecule has 3 aromatic rings. The van der Waals surface area contributed by atoms with Crippen molar-refractivity contribution in [2.24, 2.45) is 0 Å². The van der Waals surface area contributed by atoms with Gasteiger partial charge < -0.3 is 15.5 Å². The van der Waals surface area contributed by atoms with Crippen LogP contribution in [0.4, 0.5) is 11.4 Å². The lowest BCUT2D eigenvalue weighted by molar-refractivity contribution is 0.484. The molecule has 0 bridgehead atoms. The van der Waals surface area contributed by atoms with E-state index in [1.807, 2.05) is 24.5 Å². The summed E-state index contributed by atoms with van der Waals surface area (Å²) >= 11 is 10.1. The van der Waals surface area contributed by atoms with Crippen molar-refractivity contribution < 1.29 is 0 Å². The molecular formula is C19H20BrClN6. The van der Waals surface area contributed by atoms with Gasteiger partial charge in [0, 0.05) is 55.8 Å². The second-order valence-corrected chi connectivity index (χ2v) is 7.92. The van der Waals surface area contributed by atoms with Gasteiger partial charge in [0.1, 0.15) is 0 Å². The largest absolute Gasteiger partial charge is 0.378 e. The van der Waals surface area contributed by atoms with Gasteiger partial charge in [-0.25, -0.2) is 0 Å². The van der Waals surface area contributed by atoms with E-state index >= 15 is 0 Å². The number of hydrogen-bond acceptors (Lipinski definition) is 6. The molecule has 1 atom stereocenters. The van der Waals surface area contributed by atoms with Gasteiger partial charge in [-0.05, 0) is 40.5 Å². The average molecular weight is 448 g/mol. The van der Waals surface area contributed by atoms with Gasteiger partial charge >= 0.3 is 0 Å². The van der Waals surface area contributed by atoms with Crippen LogP contribution in [0.15, 0.2) is 41.4 Å². The molecule has 0 unspecified atom stereocenters. The lowest BCUT2D eigenvalue weighted by Crippen LogP contribution is -2.49. The number of fused-ring (bicyclic) bond motifs is 1. The van der Waals surface area contributed by atoms with Gasteiger partial charge in [-0.15, -0.1) is 0 Å². The van der Waals surface area contributed by atoms with E-state index in [0.717, 1.165) is 52.1 Å². The van der Waals surface area contributed by atoms with Gasteiger partial charge in [-0.2, -0.15) is 0 Å². The van der Waals surface area contributed by atoms with Crippen LogP contribution in [0.25, 0.3) is 11.0 Å². The zero-order valence-electron chi connectivity index (χ0n) is 14.9. The van der Waals surface area contributed by atoms with Crippen molar-refractivity contribution in [2.45, 2.75) is 19.5 Å². The van der Waals surface area contributed by atoms with Crippen molar-refractivity contribution >= 4 is 49.9 Å². The summed E-state index contributed by atoms with van der Waals surface area (Å²) in [6, 6.07) is 4.29. The zero-order chi connectivity index (χ0) is 18.8. The number of pyridine rings is 1. The van der Waals surface area contributed by atoms with E-state index in [-0.39, 0.29) is 0 Å². The molecule has 1 fully saturated rings. The third kappa shape index (κ3) is 4.00. The van der Waals surface area contributed by atoms with Crippen molar-refractivity contribution in [3.63, 3.8) is 0 Å². The summed E-state index contributed by atoms with van der Waals surface area (Å²) in [4.78, 5) is 15.4. The maximum Gasteiger partial charge on any atom is 0.0901 e. The first-order valence-electron chi connectivity index (χ1n) is 8.86. The molecule has 3 heterocycles. The first-order valence-corrected chi connectivity index (χ1v) is 10.0. The molecular weight excluding hydrogens is 428 g/mol. The maximum absolute atomic E-state index is 6.46. The normalized spacial score (nSPS) is 17.3. The minimum atomic E-state index is 0.445. The molecule has 1 aliphatic heterocycles. The van der Waals surface area contributed by atoms with Gasteiger partial charge in [0.2, 0.25) is 0 Å². The summed E-state index contributed by atoms with van der Waals surface area (Å²) in [6.07, 6.45) is 7.06. The van der Waals surface area contributed by atoms with Crippen LogP contribution >= 0.6 is 27.5 Å². The topological polar surface area (TPSA) is 66.0 Å². The molecule has 4 rings (SSSR count). The number of hydrogen-bond donors (Lipinski definition) is 2. The highest BCUT2D eigenvalue weighted by atomic mass is 79.9. The van der Waals surface area contributed by atoms with Crippen molar-refractivity contribution in [3.8, 4) is 0 Å². The standard InChI is InChI=1S/C19H20BrClN6/c1-12-11-27(5-4-23-12)19-14(20)9-22-10-18(19)26-8-13-6-16-17(7-15(13)21)25-3-2-24-16/h2-3,6-7,9-10,12,23,26H,4-5,8,11H2,1H3/t12-/m0/s1. The van der Waals surface area contributed by atoms with Crippen LogP contribution in [0.3, 0.4) is 0 Å². The summed E-state index contributed by atoms with van der Waals surface area (Å²) < 4.78 is 0.983. The Bertz CT molecular complexity index is 966. The highest BCUT2D eigenvalue weighted by molar-refractivity contribution is 9.10. The second-order valence-electron chi connectivity index (χ2n) is 6.66. The molecule has 0 amide bonds. The average Bonchev–Trinajstić information content (AvgIpc) is 2.66. The van der Waals surface area contributed by atoms with Crippen molar-refractivity contribution in [3.05, 3.63) is 52.0 Å². The number of nitrogens with one attached hydrogen (secondary N) is 2. The number of halogens is 2. The Morgan fingerprint density at radius 1 is 1.26 bits per heavy atom. The molecule has 2 N–H and O–H groups in total. The van der Waals surface area contributed by atoms with E-state index in [1.165, 1.54) is 0 Å². The lowest BCUT2D eigenvalue weighted by atomic mass is 10.1. The van der Waals surface area contributed by atoms with E-state index < -0.39 is 0 Å². The van der Waals surface area contributed by atoms with Crippen LogP contribution in [0.5, 0.6) is 0 Å². The summed E-state index contributed by atoms with van der Waals surface area (Å²) in [7, 11) is 0. The third-order valence-corrected chi connectivity index (χ3v) is 5.60. The monoisotopic (exact) mass is 446 g/mol. The Morgan fingerprint density at radius 3 is 2.81 bits per heavy atom. The van der Waals surface area contributed by atoms with E-state index in [1.54, 1.807) is 12.4 Å². The maximum atomic E-state index is 6.46. The fourth-order valence-electron chi connectivity index (χ4n) is 3.37. The number of benzene rings is 1. The van der Waals surface area contributed by atoms with Crippen LogP contribution in [-0.4, -0.2) is 40.6 Å². The molecule has 1 aromatic carbocycles. The van der Waals surface area contributed by atoms with Crippen LogP contribution in [-0.2, 0) is 6.54 Å². The quantitative estimate of drug-likeness (QED) is 0.633. The third-order valence-electron chi connectivity index (χ3n) is 4.66. The number of piperazine rings is 1. The first-order chi connectivity index (χ1) is 13.1. The first kappa shape index (κ1) is 18.4. The number of aromatic nitrogens is 3. The van der Waals surface area contributed by atoms with Crippen molar-refractivity contribution in [2.75, 3.05) is 29.9 Å². The highest BCUT2D eigenvalue weighted by Crippen LogP contribution is 2.34. The molecule has 2 aromatic heterocycles. The van der Waals surface area contributed by atoms with Gasteiger partial charge in [-0.1, -0.05) is 11.6 Å². The number of rotatable bonds is 4. The minimum Gasteiger partial charge on any atom is -0.378 e. The molecule has 140 valence electrons. The summed E-state index contributed by atoms with van der Waals surface area (Å²) in [5, 5.41) is 7.66. The van der Waals surface area contributed by atoms with Crippen molar-refractivity contribution in [1.29, 1.82) is 0 Å². The van der Waals surface area contributed by atoms with Gasteiger partial charge in [0.25, 0.3) is 0 Å². The van der Waals surface area contributed by atoms with Crippen LogP contribution < -0.4 is 15.5 Å². The Hall–Kier alpha value is -1.96. The molecule has 0 aliphatic carbocycles.